The number of anilines is 1. The minimum absolute atomic E-state index is 0.0121. The Labute approximate surface area is 292 Å². The zero-order chi connectivity index (χ0) is 35.4. The molecule has 4 aromatic carbocycles. The molecular weight excluding hydrogens is 634 g/mol. The number of rotatable bonds is 11. The van der Waals surface area contributed by atoms with E-state index in [9.17, 15) is 14.4 Å². The summed E-state index contributed by atoms with van der Waals surface area (Å²) in [5.41, 5.74) is 4.57. The Morgan fingerprint density at radius 1 is 0.840 bits per heavy atom. The molecule has 0 bridgehead atoms. The van der Waals surface area contributed by atoms with Crippen LogP contribution in [0.25, 0.3) is 21.9 Å². The fraction of sp³-hybridized carbons (Fsp3) is 0.375. The van der Waals surface area contributed by atoms with E-state index in [0.717, 1.165) is 58.2 Å². The highest BCUT2D eigenvalue weighted by Crippen LogP contribution is 2.50. The van der Waals surface area contributed by atoms with Gasteiger partial charge in [0.2, 0.25) is 23.0 Å². The van der Waals surface area contributed by atoms with Gasteiger partial charge in [0, 0.05) is 37.4 Å². The van der Waals surface area contributed by atoms with Crippen molar-refractivity contribution in [1.82, 2.24) is 10.2 Å². The quantitative estimate of drug-likeness (QED) is 0.171. The van der Waals surface area contributed by atoms with Gasteiger partial charge in [-0.05, 0) is 84.0 Å². The first-order valence-corrected chi connectivity index (χ1v) is 17.2. The molecule has 4 aromatic rings. The number of aryl methyl sites for hydroxylation is 1. The number of carbonyl (C=O) groups excluding carboxylic acids is 2. The maximum atomic E-state index is 13.7. The number of likely N-dealkylation sites (tertiary alicyclic amines) is 1. The molecule has 1 aliphatic heterocycles. The van der Waals surface area contributed by atoms with E-state index in [1.54, 1.807) is 40.6 Å². The molecule has 10 heteroatoms. The van der Waals surface area contributed by atoms with Crippen LogP contribution >= 0.6 is 0 Å². The van der Waals surface area contributed by atoms with Gasteiger partial charge >= 0.3 is 0 Å². The highest BCUT2D eigenvalue weighted by Gasteiger charge is 2.32. The zero-order valence-corrected chi connectivity index (χ0v) is 29.4. The second-order valence-electron chi connectivity index (χ2n) is 12.8. The highest BCUT2D eigenvalue weighted by atomic mass is 16.5. The lowest BCUT2D eigenvalue weighted by atomic mass is 9.95. The van der Waals surface area contributed by atoms with Crippen molar-refractivity contribution in [3.63, 3.8) is 0 Å². The maximum absolute atomic E-state index is 13.7. The van der Waals surface area contributed by atoms with Crippen molar-refractivity contribution in [2.75, 3.05) is 46.8 Å². The Morgan fingerprint density at radius 3 is 2.32 bits per heavy atom. The molecule has 0 saturated carbocycles. The van der Waals surface area contributed by atoms with Crippen LogP contribution in [0.2, 0.25) is 0 Å². The lowest BCUT2D eigenvalue weighted by molar-refractivity contribution is -0.132. The van der Waals surface area contributed by atoms with Crippen LogP contribution in [0, 0.1) is 0 Å². The monoisotopic (exact) mass is 679 g/mol. The third kappa shape index (κ3) is 6.66. The smallest absolute Gasteiger partial charge is 0.223 e. The van der Waals surface area contributed by atoms with Gasteiger partial charge in [0.1, 0.15) is 5.75 Å². The van der Waals surface area contributed by atoms with Crippen LogP contribution in [0.3, 0.4) is 0 Å². The van der Waals surface area contributed by atoms with Gasteiger partial charge in [-0.25, -0.2) is 0 Å². The van der Waals surface area contributed by atoms with Gasteiger partial charge in [-0.2, -0.15) is 0 Å². The summed E-state index contributed by atoms with van der Waals surface area (Å²) in [6, 6.07) is 19.1. The van der Waals surface area contributed by atoms with Crippen molar-refractivity contribution in [1.29, 1.82) is 0 Å². The first-order valence-electron chi connectivity index (χ1n) is 17.2. The van der Waals surface area contributed by atoms with Gasteiger partial charge in [0.05, 0.1) is 46.2 Å². The summed E-state index contributed by atoms with van der Waals surface area (Å²) < 4.78 is 22.8. The zero-order valence-electron chi connectivity index (χ0n) is 29.4. The number of methoxy groups -OCH3 is 4. The number of hydrogen-bond donors (Lipinski definition) is 2. The van der Waals surface area contributed by atoms with Crippen molar-refractivity contribution in [2.45, 2.75) is 57.5 Å². The molecule has 2 atom stereocenters. The Morgan fingerprint density at radius 2 is 1.60 bits per heavy atom. The molecule has 50 heavy (non-hydrogen) atoms. The van der Waals surface area contributed by atoms with E-state index in [-0.39, 0.29) is 23.3 Å². The van der Waals surface area contributed by atoms with Crippen LogP contribution in [0.4, 0.5) is 5.69 Å². The molecule has 2 unspecified atom stereocenters. The van der Waals surface area contributed by atoms with Gasteiger partial charge in [0.15, 0.2) is 11.5 Å². The van der Waals surface area contributed by atoms with Crippen LogP contribution in [0.5, 0.6) is 23.0 Å². The predicted molar refractivity (Wildman–Crippen MR) is 195 cm³/mol. The molecule has 1 saturated heterocycles. The summed E-state index contributed by atoms with van der Waals surface area (Å²) >= 11 is 0. The summed E-state index contributed by atoms with van der Waals surface area (Å²) in [5.74, 6) is 2.24. The Balaban J connectivity index is 1.22. The Kier molecular flexibility index (Phi) is 10.5. The summed E-state index contributed by atoms with van der Waals surface area (Å²) in [6.45, 7) is 2.64. The van der Waals surface area contributed by atoms with Crippen LogP contribution in [0.15, 0.2) is 65.5 Å². The second-order valence-corrected chi connectivity index (χ2v) is 12.8. The van der Waals surface area contributed by atoms with Gasteiger partial charge in [-0.3, -0.25) is 14.4 Å². The van der Waals surface area contributed by atoms with Crippen molar-refractivity contribution < 1.29 is 28.5 Å². The number of hydrogen-bond acceptors (Lipinski definition) is 8. The number of amides is 2. The molecular formula is C40H45N3O7. The SMILES string of the molecule is COc1cc2c(c(OC)c1OC)-c1ccc(NCCCC(=O)N3CCCC3c3ccc(OC)c4ccccc34)c(=O)cc1C(NC(C)=O)CC2. The molecule has 1 fully saturated rings. The third-order valence-corrected chi connectivity index (χ3v) is 9.87. The molecule has 0 spiro atoms. The van der Waals surface area contributed by atoms with Crippen molar-refractivity contribution in [2.24, 2.45) is 0 Å². The van der Waals surface area contributed by atoms with Gasteiger partial charge < -0.3 is 34.5 Å². The normalized spacial score (nSPS) is 16.5. The molecule has 1 aliphatic carbocycles. The van der Waals surface area contributed by atoms with Gasteiger partial charge in [0.25, 0.3) is 0 Å². The fourth-order valence-electron chi connectivity index (χ4n) is 7.61. The summed E-state index contributed by atoms with van der Waals surface area (Å²) in [5, 5.41) is 8.48. The van der Waals surface area contributed by atoms with E-state index < -0.39 is 6.04 Å². The molecule has 2 N–H and O–H groups in total. The van der Waals surface area contributed by atoms with Crippen LogP contribution < -0.4 is 35.0 Å². The number of nitrogens with zero attached hydrogens (tertiary/aromatic N) is 1. The van der Waals surface area contributed by atoms with E-state index in [1.807, 2.05) is 35.2 Å². The number of fused-ring (bicyclic) bond motifs is 4. The molecule has 1 heterocycles. The number of nitrogens with one attached hydrogen (secondary N) is 2. The maximum Gasteiger partial charge on any atom is 0.223 e. The lowest BCUT2D eigenvalue weighted by Gasteiger charge is -2.26. The first kappa shape index (κ1) is 34.6. The standard InChI is InChI=1S/C40H45N3O7/c1-24(44)42-31-17-14-25-22-36(48-3)39(49-4)40(50-5)38(25)29-15-18-32(34(45)23-30(29)31)41-20-8-13-37(46)43-21-9-12-33(43)27-16-19-35(47-2)28-11-7-6-10-26(27)28/h6-7,10-11,15-16,18-19,22-23,31,33H,8-9,12-14,17,20-21H2,1-5H3,(H,41,45)(H,42,44). The average Bonchev–Trinajstić information content (AvgIpc) is 3.50. The molecule has 262 valence electrons. The number of carbonyl (C=O) groups is 2. The Hall–Kier alpha value is -5.25. The summed E-state index contributed by atoms with van der Waals surface area (Å²) in [4.78, 5) is 41.5. The topological polar surface area (TPSA) is 115 Å². The number of benzene rings is 3. The predicted octanol–water partition coefficient (Wildman–Crippen LogP) is 6.58. The van der Waals surface area contributed by atoms with Crippen LogP contribution in [-0.4, -0.2) is 58.2 Å². The molecule has 0 radical (unpaired) electrons. The van der Waals surface area contributed by atoms with E-state index >= 15 is 0 Å². The molecule has 6 rings (SSSR count). The van der Waals surface area contributed by atoms with Crippen LogP contribution in [0.1, 0.15) is 67.8 Å². The van der Waals surface area contributed by atoms with Crippen LogP contribution in [-0.2, 0) is 16.0 Å². The third-order valence-electron chi connectivity index (χ3n) is 9.87. The molecule has 2 aliphatic rings. The highest BCUT2D eigenvalue weighted by molar-refractivity contribution is 5.92. The van der Waals surface area contributed by atoms with Crippen molar-refractivity contribution >= 4 is 28.3 Å². The fourth-order valence-corrected chi connectivity index (χ4v) is 7.61. The molecule has 2 amide bonds. The van der Waals surface area contributed by atoms with Gasteiger partial charge in [-0.15, -0.1) is 0 Å². The largest absolute Gasteiger partial charge is 0.496 e. The first-order chi connectivity index (χ1) is 24.3. The van der Waals surface area contributed by atoms with Gasteiger partial charge in [-0.1, -0.05) is 36.4 Å². The van der Waals surface area contributed by atoms with E-state index in [1.165, 1.54) is 6.92 Å². The minimum atomic E-state index is -0.390. The summed E-state index contributed by atoms with van der Waals surface area (Å²) in [7, 11) is 6.39. The molecule has 10 nitrogen and oxygen atoms in total. The number of ether oxygens (including phenoxy) is 4. The average molecular weight is 680 g/mol. The molecule has 0 aromatic heterocycles. The van der Waals surface area contributed by atoms with E-state index in [0.29, 0.717) is 60.7 Å². The van der Waals surface area contributed by atoms with Crippen molar-refractivity contribution in [3.05, 3.63) is 87.6 Å². The second kappa shape index (κ2) is 15.1. The van der Waals surface area contributed by atoms with Crippen molar-refractivity contribution in [3.8, 4) is 34.1 Å². The lowest BCUT2D eigenvalue weighted by Crippen LogP contribution is -2.30. The van der Waals surface area contributed by atoms with E-state index in [4.69, 9.17) is 18.9 Å². The summed E-state index contributed by atoms with van der Waals surface area (Å²) in [6.07, 6.45) is 3.98. The Bertz CT molecular complexity index is 1980. The minimum Gasteiger partial charge on any atom is -0.496 e. The van der Waals surface area contributed by atoms with E-state index in [2.05, 4.69) is 28.8 Å².